The number of aliphatic imine (C=N–C) groups is 1. The number of pyridine rings is 1. The minimum Gasteiger partial charge on any atom is -0.475 e. The predicted octanol–water partition coefficient (Wildman–Crippen LogP) is 3.41. The third-order valence-electron chi connectivity index (χ3n) is 3.96. The van der Waals surface area contributed by atoms with Crippen molar-refractivity contribution in [3.63, 3.8) is 0 Å². The van der Waals surface area contributed by atoms with Crippen molar-refractivity contribution in [2.75, 3.05) is 19.1 Å². The molecule has 31 heavy (non-hydrogen) atoms. The summed E-state index contributed by atoms with van der Waals surface area (Å²) in [5.74, 6) is 1.65. The Morgan fingerprint density at radius 2 is 2.29 bits per heavy atom. The van der Waals surface area contributed by atoms with E-state index in [1.165, 1.54) is 25.9 Å². The van der Waals surface area contributed by atoms with Gasteiger partial charge in [-0.3, -0.25) is 14.2 Å². The van der Waals surface area contributed by atoms with Crippen LogP contribution in [0, 0.1) is 0 Å². The molecule has 9 nitrogen and oxygen atoms in total. The van der Waals surface area contributed by atoms with Gasteiger partial charge in [0.2, 0.25) is 12.5 Å². The monoisotopic (exact) mass is 459 g/mol. The van der Waals surface area contributed by atoms with Crippen LogP contribution < -0.4 is 0 Å². The molecule has 0 saturated carbocycles. The van der Waals surface area contributed by atoms with E-state index in [0.29, 0.717) is 27.6 Å². The van der Waals surface area contributed by atoms with Crippen molar-refractivity contribution >= 4 is 34.3 Å². The van der Waals surface area contributed by atoms with Gasteiger partial charge in [-0.25, -0.2) is 0 Å². The number of thioether (sulfide) groups is 1. The van der Waals surface area contributed by atoms with E-state index in [2.05, 4.69) is 31.9 Å². The Morgan fingerprint density at radius 1 is 1.42 bits per heavy atom. The lowest BCUT2D eigenvalue weighted by Crippen LogP contribution is -2.11. The van der Waals surface area contributed by atoms with Crippen molar-refractivity contribution in [3.8, 4) is 0 Å². The molecular formula is C20H21N5O4S2. The van der Waals surface area contributed by atoms with Gasteiger partial charge >= 0.3 is 0 Å². The average Bonchev–Trinajstić information content (AvgIpc) is 3.30. The third-order valence-corrected chi connectivity index (χ3v) is 5.65. The second-order valence-corrected chi connectivity index (χ2v) is 8.42. The van der Waals surface area contributed by atoms with Crippen molar-refractivity contribution in [2.24, 2.45) is 10.1 Å². The minimum atomic E-state index is -1.27. The maximum Gasteiger partial charge on any atom is 0.263 e. The van der Waals surface area contributed by atoms with Crippen LogP contribution in [0.25, 0.3) is 0 Å². The van der Waals surface area contributed by atoms with Crippen LogP contribution in [0.2, 0.25) is 0 Å². The van der Waals surface area contributed by atoms with Crippen LogP contribution >= 0.6 is 11.8 Å². The maximum absolute atomic E-state index is 12.1. The topological polar surface area (TPSA) is 112 Å². The molecule has 0 fully saturated rings. The summed E-state index contributed by atoms with van der Waals surface area (Å²) in [6.45, 7) is 3.89. The molecule has 3 heterocycles. The standard InChI is InChI=1S/C20H21N5O4S2/c1-14-6-7-16(5-4-8-30-13-22-14)29-19(20-25-23-12-28-20)17-9-15(10-24-27-2)18(11-21-17)31(3)26/h5-7,9-13,19H,1,4,8H2,2-3H3/b7-6-,16-5+,22-13?,24-10+. The van der Waals surface area contributed by atoms with Gasteiger partial charge in [0.05, 0.1) is 38.8 Å². The quantitative estimate of drug-likeness (QED) is 0.457. The van der Waals surface area contributed by atoms with Crippen LogP contribution in [-0.2, 0) is 20.4 Å². The average molecular weight is 460 g/mol. The molecule has 3 rings (SSSR count). The van der Waals surface area contributed by atoms with Crippen LogP contribution in [0.3, 0.4) is 0 Å². The van der Waals surface area contributed by atoms with E-state index < -0.39 is 16.9 Å². The van der Waals surface area contributed by atoms with Gasteiger partial charge in [0.15, 0.2) is 0 Å². The fourth-order valence-corrected chi connectivity index (χ4v) is 3.76. The van der Waals surface area contributed by atoms with Crippen LogP contribution in [0.5, 0.6) is 0 Å². The van der Waals surface area contributed by atoms with Gasteiger partial charge in [0, 0.05) is 23.8 Å². The Bertz CT molecular complexity index is 1050. The summed E-state index contributed by atoms with van der Waals surface area (Å²) in [7, 11) is 0.161. The number of oxime groups is 1. The lowest BCUT2D eigenvalue weighted by Gasteiger charge is -2.17. The first-order valence-electron chi connectivity index (χ1n) is 9.12. The van der Waals surface area contributed by atoms with E-state index in [1.807, 2.05) is 6.08 Å². The van der Waals surface area contributed by atoms with Gasteiger partial charge in [-0.2, -0.15) is 0 Å². The number of allylic oxidation sites excluding steroid dienone is 3. The molecule has 2 aromatic heterocycles. The number of ether oxygens (including phenoxy) is 1. The number of nitrogens with zero attached hydrogens (tertiary/aromatic N) is 5. The van der Waals surface area contributed by atoms with Gasteiger partial charge in [-0.1, -0.05) is 11.7 Å². The van der Waals surface area contributed by atoms with E-state index in [0.717, 1.165) is 12.2 Å². The molecule has 0 spiro atoms. The maximum atomic E-state index is 12.1. The van der Waals surface area contributed by atoms with E-state index in [1.54, 1.807) is 41.8 Å². The summed E-state index contributed by atoms with van der Waals surface area (Å²) in [5, 5.41) is 11.5. The first-order chi connectivity index (χ1) is 15.1. The van der Waals surface area contributed by atoms with Gasteiger partial charge in [-0.05, 0) is 30.7 Å². The van der Waals surface area contributed by atoms with Gasteiger partial charge in [0.1, 0.15) is 12.9 Å². The second kappa shape index (κ2) is 11.4. The Balaban J connectivity index is 1.99. The fraction of sp³-hybridized carbons (Fsp3) is 0.250. The Hall–Kier alpha value is -3.05. The van der Waals surface area contributed by atoms with Crippen LogP contribution in [-0.4, -0.2) is 50.3 Å². The highest BCUT2D eigenvalue weighted by Crippen LogP contribution is 2.28. The molecule has 0 aromatic carbocycles. The van der Waals surface area contributed by atoms with E-state index >= 15 is 0 Å². The normalized spacial score (nSPS) is 19.4. The van der Waals surface area contributed by atoms with Gasteiger partial charge in [0.25, 0.3) is 5.89 Å². The summed E-state index contributed by atoms with van der Waals surface area (Å²) in [6, 6.07) is 1.71. The highest BCUT2D eigenvalue weighted by molar-refractivity contribution is 8.12. The molecule has 2 aromatic rings. The molecule has 0 amide bonds. The SMILES string of the molecule is C=C1/C=C\C(OC(c2cc(/C=N/OC)c(S(C)=O)cn2)c2nnco2)=C/CCSC=N1. The molecule has 1 aliphatic heterocycles. The minimum absolute atomic E-state index is 0.227. The molecule has 1 aliphatic rings. The number of rotatable bonds is 7. The fourth-order valence-electron chi connectivity index (χ4n) is 2.54. The highest BCUT2D eigenvalue weighted by Gasteiger charge is 2.25. The van der Waals surface area contributed by atoms with Crippen molar-refractivity contribution < 1.29 is 18.2 Å². The molecule has 0 saturated heterocycles. The molecule has 11 heteroatoms. The summed E-state index contributed by atoms with van der Waals surface area (Å²) < 4.78 is 23.7. The van der Waals surface area contributed by atoms with Crippen molar-refractivity contribution in [3.05, 3.63) is 72.1 Å². The molecule has 0 aliphatic carbocycles. The van der Waals surface area contributed by atoms with Gasteiger partial charge in [-0.15, -0.1) is 22.0 Å². The van der Waals surface area contributed by atoms with Crippen LogP contribution in [0.1, 0.15) is 29.7 Å². The van der Waals surface area contributed by atoms with Crippen LogP contribution in [0.15, 0.2) is 74.4 Å². The number of aromatic nitrogens is 3. The summed E-state index contributed by atoms with van der Waals surface area (Å²) >= 11 is 1.59. The van der Waals surface area contributed by atoms with E-state index in [4.69, 9.17) is 14.0 Å². The zero-order chi connectivity index (χ0) is 22.1. The zero-order valence-electron chi connectivity index (χ0n) is 17.0. The Labute approximate surface area is 186 Å². The summed E-state index contributed by atoms with van der Waals surface area (Å²) in [6.07, 6.45) is 11.2. The van der Waals surface area contributed by atoms with E-state index in [-0.39, 0.29) is 5.89 Å². The molecule has 2 atom stereocenters. The predicted molar refractivity (Wildman–Crippen MR) is 120 cm³/mol. The number of hydrogen-bond donors (Lipinski definition) is 0. The van der Waals surface area contributed by atoms with Crippen LogP contribution in [0.4, 0.5) is 0 Å². The zero-order valence-corrected chi connectivity index (χ0v) is 18.6. The highest BCUT2D eigenvalue weighted by atomic mass is 32.2. The molecule has 0 N–H and O–H groups in total. The lowest BCUT2D eigenvalue weighted by atomic mass is 10.1. The Kier molecular flexibility index (Phi) is 8.30. The molecule has 2 unspecified atom stereocenters. The van der Waals surface area contributed by atoms with Crippen molar-refractivity contribution in [1.29, 1.82) is 0 Å². The summed E-state index contributed by atoms with van der Waals surface area (Å²) in [4.78, 5) is 14.0. The molecular weight excluding hydrogens is 438 g/mol. The molecule has 0 radical (unpaired) electrons. The molecule has 162 valence electrons. The first-order valence-corrected chi connectivity index (χ1v) is 11.7. The van der Waals surface area contributed by atoms with Crippen molar-refractivity contribution in [1.82, 2.24) is 15.2 Å². The summed E-state index contributed by atoms with van der Waals surface area (Å²) in [5.41, 5.74) is 3.44. The smallest absolute Gasteiger partial charge is 0.263 e. The largest absolute Gasteiger partial charge is 0.475 e. The van der Waals surface area contributed by atoms with Crippen molar-refractivity contribution in [2.45, 2.75) is 17.4 Å². The second-order valence-electron chi connectivity index (χ2n) is 6.12. The number of hydrogen-bond acceptors (Lipinski definition) is 10. The van der Waals surface area contributed by atoms with E-state index in [9.17, 15) is 4.21 Å². The lowest BCUT2D eigenvalue weighted by molar-refractivity contribution is 0.129. The first kappa shape index (κ1) is 22.6. The Morgan fingerprint density at radius 3 is 3.03 bits per heavy atom. The van der Waals surface area contributed by atoms with Gasteiger partial charge < -0.3 is 14.0 Å². The molecule has 0 bridgehead atoms. The third kappa shape index (κ3) is 6.46.